The van der Waals surface area contributed by atoms with Crippen LogP contribution in [0, 0.1) is 11.3 Å². The lowest BCUT2D eigenvalue weighted by molar-refractivity contribution is -0.134. The molecule has 1 aromatic rings. The van der Waals surface area contributed by atoms with Gasteiger partial charge in [-0.3, -0.25) is 4.79 Å². The van der Waals surface area contributed by atoms with Crippen LogP contribution in [0.15, 0.2) is 30.3 Å². The van der Waals surface area contributed by atoms with Crippen molar-refractivity contribution in [2.24, 2.45) is 17.1 Å². The van der Waals surface area contributed by atoms with Crippen molar-refractivity contribution in [2.45, 2.75) is 51.2 Å². The van der Waals surface area contributed by atoms with Crippen molar-refractivity contribution < 1.29 is 4.79 Å². The fourth-order valence-corrected chi connectivity index (χ4v) is 4.29. The minimum Gasteiger partial charge on any atom is -0.341 e. The number of carbonyl (C=O) groups excluding carboxylic acids is 1. The first-order valence-corrected chi connectivity index (χ1v) is 9.56. The highest BCUT2D eigenvalue weighted by Crippen LogP contribution is 2.31. The quantitative estimate of drug-likeness (QED) is 0.853. The molecule has 1 aliphatic rings. The van der Waals surface area contributed by atoms with Crippen LogP contribution in [0.25, 0.3) is 0 Å². The second kappa shape index (κ2) is 9.12. The van der Waals surface area contributed by atoms with Crippen LogP contribution in [0.5, 0.6) is 0 Å². The Morgan fingerprint density at radius 2 is 1.96 bits per heavy atom. The number of nitrogens with zero attached hydrogens (tertiary/aromatic N) is 1. The van der Waals surface area contributed by atoms with Gasteiger partial charge in [0.1, 0.15) is 0 Å². The average Bonchev–Trinajstić information content (AvgIpc) is 2.50. The van der Waals surface area contributed by atoms with E-state index >= 15 is 0 Å². The molecule has 24 heavy (non-hydrogen) atoms. The molecule has 1 saturated heterocycles. The van der Waals surface area contributed by atoms with E-state index in [0.717, 1.165) is 25.3 Å². The predicted octanol–water partition coefficient (Wildman–Crippen LogP) is 3.95. The highest BCUT2D eigenvalue weighted by molar-refractivity contribution is 7.99. The van der Waals surface area contributed by atoms with E-state index in [0.29, 0.717) is 5.92 Å². The molecule has 1 heterocycles. The number of piperidine rings is 1. The first kappa shape index (κ1) is 21.3. The minimum atomic E-state index is -0.000460. The molecule has 1 fully saturated rings. The second-order valence-corrected chi connectivity index (χ2v) is 8.73. The Kier molecular flexibility index (Phi) is 8.10. The largest absolute Gasteiger partial charge is 0.341 e. The van der Waals surface area contributed by atoms with Crippen molar-refractivity contribution in [1.29, 1.82) is 0 Å². The summed E-state index contributed by atoms with van der Waals surface area (Å²) in [6.07, 6.45) is 0.896. The van der Waals surface area contributed by atoms with Gasteiger partial charge in [0.05, 0.1) is 5.25 Å². The van der Waals surface area contributed by atoms with Crippen molar-refractivity contribution in [3.8, 4) is 0 Å². The maximum absolute atomic E-state index is 13.0. The summed E-state index contributed by atoms with van der Waals surface area (Å²) in [5.74, 6) is 1.49. The third-order valence-corrected chi connectivity index (χ3v) is 6.35. The number of thioether (sulfide) groups is 1. The van der Waals surface area contributed by atoms with Crippen LogP contribution < -0.4 is 5.73 Å². The highest BCUT2D eigenvalue weighted by atomic mass is 35.5. The first-order chi connectivity index (χ1) is 10.8. The molecule has 0 saturated carbocycles. The van der Waals surface area contributed by atoms with Crippen LogP contribution in [0.4, 0.5) is 0 Å². The molecule has 2 N–H and O–H groups in total. The predicted molar refractivity (Wildman–Crippen MR) is 107 cm³/mol. The summed E-state index contributed by atoms with van der Waals surface area (Å²) >= 11 is 1.76. The zero-order chi connectivity index (χ0) is 17.0. The van der Waals surface area contributed by atoms with E-state index in [1.807, 2.05) is 11.0 Å². The van der Waals surface area contributed by atoms with Crippen molar-refractivity contribution in [3.63, 3.8) is 0 Å². The molecule has 1 aromatic carbocycles. The van der Waals surface area contributed by atoms with Gasteiger partial charge in [0.25, 0.3) is 0 Å². The molecule has 0 spiro atoms. The molecule has 2 rings (SSSR count). The summed E-state index contributed by atoms with van der Waals surface area (Å²) < 4.78 is 0. The van der Waals surface area contributed by atoms with Gasteiger partial charge in [0, 0.05) is 24.9 Å². The van der Waals surface area contributed by atoms with E-state index in [1.165, 1.54) is 5.56 Å². The number of hydrogen-bond acceptors (Lipinski definition) is 3. The van der Waals surface area contributed by atoms with Crippen LogP contribution in [0.1, 0.15) is 39.7 Å². The van der Waals surface area contributed by atoms with E-state index in [1.54, 1.807) is 11.8 Å². The van der Waals surface area contributed by atoms with Gasteiger partial charge in [0.2, 0.25) is 5.91 Å². The van der Waals surface area contributed by atoms with Crippen LogP contribution >= 0.6 is 24.2 Å². The summed E-state index contributed by atoms with van der Waals surface area (Å²) in [5.41, 5.74) is 7.48. The van der Waals surface area contributed by atoms with Crippen molar-refractivity contribution in [3.05, 3.63) is 35.9 Å². The molecule has 0 aromatic heterocycles. The van der Waals surface area contributed by atoms with Crippen molar-refractivity contribution in [2.75, 3.05) is 13.1 Å². The lowest BCUT2D eigenvalue weighted by Gasteiger charge is -2.43. The van der Waals surface area contributed by atoms with Gasteiger partial charge in [0.15, 0.2) is 0 Å². The summed E-state index contributed by atoms with van der Waals surface area (Å²) in [5, 5.41) is 0.0142. The number of rotatable bonds is 5. The number of benzene rings is 1. The molecule has 0 aliphatic carbocycles. The Hall–Kier alpha value is -0.710. The van der Waals surface area contributed by atoms with Crippen molar-refractivity contribution in [1.82, 2.24) is 4.90 Å². The van der Waals surface area contributed by atoms with E-state index < -0.39 is 0 Å². The van der Waals surface area contributed by atoms with Gasteiger partial charge in [-0.2, -0.15) is 0 Å². The van der Waals surface area contributed by atoms with Gasteiger partial charge < -0.3 is 10.6 Å². The van der Waals surface area contributed by atoms with Gasteiger partial charge in [-0.05, 0) is 23.3 Å². The van der Waals surface area contributed by atoms with E-state index in [4.69, 9.17) is 5.73 Å². The normalized spacial score (nSPS) is 21.2. The zero-order valence-electron chi connectivity index (χ0n) is 15.2. The van der Waals surface area contributed by atoms with Crippen LogP contribution in [-0.4, -0.2) is 35.2 Å². The van der Waals surface area contributed by atoms with Gasteiger partial charge in [-0.1, -0.05) is 58.0 Å². The molecule has 2 unspecified atom stereocenters. The van der Waals surface area contributed by atoms with Crippen LogP contribution in [-0.2, 0) is 10.5 Å². The smallest absolute Gasteiger partial charge is 0.235 e. The number of halogens is 1. The fraction of sp³-hybridized carbons (Fsp3) is 0.632. The monoisotopic (exact) mass is 370 g/mol. The van der Waals surface area contributed by atoms with E-state index in [2.05, 4.69) is 52.0 Å². The van der Waals surface area contributed by atoms with E-state index in [9.17, 15) is 4.79 Å². The number of amides is 1. The molecule has 0 radical (unpaired) electrons. The third kappa shape index (κ3) is 5.40. The highest BCUT2D eigenvalue weighted by Gasteiger charge is 2.37. The average molecular weight is 371 g/mol. The van der Waals surface area contributed by atoms with Crippen LogP contribution in [0.3, 0.4) is 0 Å². The van der Waals surface area contributed by atoms with Crippen molar-refractivity contribution >= 4 is 30.1 Å². The number of carbonyl (C=O) groups is 1. The molecule has 5 heteroatoms. The molecular weight excluding hydrogens is 340 g/mol. The Bertz CT molecular complexity index is 521. The molecule has 2 atom stereocenters. The Balaban J connectivity index is 0.00000288. The lowest BCUT2D eigenvalue weighted by atomic mass is 9.79. The molecule has 3 nitrogen and oxygen atoms in total. The number of nitrogens with two attached hydrogens (primary N) is 1. The van der Waals surface area contributed by atoms with Crippen LogP contribution in [0.2, 0.25) is 0 Å². The second-order valence-electron chi connectivity index (χ2n) is 7.60. The number of likely N-dealkylation sites (tertiary alicyclic amines) is 1. The maximum Gasteiger partial charge on any atom is 0.235 e. The summed E-state index contributed by atoms with van der Waals surface area (Å²) in [6.45, 7) is 10.2. The SMILES string of the molecule is CC(C)C(SCc1ccccc1)C(=O)N1CCC(N)C(C)(C)C1.Cl. The summed E-state index contributed by atoms with van der Waals surface area (Å²) in [4.78, 5) is 15.1. The Morgan fingerprint density at radius 3 is 2.50 bits per heavy atom. The Morgan fingerprint density at radius 1 is 1.33 bits per heavy atom. The lowest BCUT2D eigenvalue weighted by Crippen LogP contribution is -2.55. The first-order valence-electron chi connectivity index (χ1n) is 8.51. The minimum absolute atomic E-state index is 0. The van der Waals surface area contributed by atoms with Gasteiger partial charge in [-0.15, -0.1) is 24.2 Å². The number of hydrogen-bond donors (Lipinski definition) is 1. The molecule has 0 bridgehead atoms. The molecule has 136 valence electrons. The fourth-order valence-electron chi connectivity index (χ4n) is 3.05. The summed E-state index contributed by atoms with van der Waals surface area (Å²) in [7, 11) is 0. The van der Waals surface area contributed by atoms with Gasteiger partial charge in [-0.25, -0.2) is 0 Å². The standard InChI is InChI=1S/C19H30N2OS.ClH/c1-14(2)17(23-12-15-8-6-5-7-9-15)18(22)21-11-10-16(20)19(3,4)13-21;/h5-9,14,16-17H,10-13,20H2,1-4H3;1H. The van der Waals surface area contributed by atoms with Gasteiger partial charge >= 0.3 is 0 Å². The molecule has 1 aliphatic heterocycles. The third-order valence-electron chi connectivity index (χ3n) is 4.75. The topological polar surface area (TPSA) is 46.3 Å². The zero-order valence-corrected chi connectivity index (χ0v) is 16.8. The van der Waals surface area contributed by atoms with E-state index in [-0.39, 0.29) is 35.0 Å². The maximum atomic E-state index is 13.0. The molecular formula is C19H31ClN2OS. The summed E-state index contributed by atoms with van der Waals surface area (Å²) in [6, 6.07) is 10.6. The Labute approximate surface area is 157 Å². The molecule has 1 amide bonds.